The van der Waals surface area contributed by atoms with Crippen molar-refractivity contribution in [2.24, 2.45) is 0 Å². The summed E-state index contributed by atoms with van der Waals surface area (Å²) in [7, 11) is 0. The van der Waals surface area contributed by atoms with Crippen LogP contribution in [-0.2, 0) is 14.3 Å². The number of rotatable bonds is 76. The number of carbonyl (C=O) groups is 2. The molecule has 0 aliphatic carbocycles. The van der Waals surface area contributed by atoms with E-state index in [9.17, 15) is 19.8 Å². The van der Waals surface area contributed by atoms with Gasteiger partial charge in [-0.15, -0.1) is 0 Å². The predicted molar refractivity (Wildman–Crippen MR) is 375 cm³/mol. The van der Waals surface area contributed by atoms with Gasteiger partial charge in [0.05, 0.1) is 25.4 Å². The van der Waals surface area contributed by atoms with Gasteiger partial charge in [0.15, 0.2) is 0 Å². The van der Waals surface area contributed by atoms with E-state index in [1.807, 2.05) is 0 Å². The van der Waals surface area contributed by atoms with Crippen molar-refractivity contribution in [2.75, 3.05) is 13.2 Å². The van der Waals surface area contributed by atoms with Gasteiger partial charge in [-0.3, -0.25) is 9.59 Å². The molecule has 0 saturated carbocycles. The smallest absolute Gasteiger partial charge is 0.305 e. The summed E-state index contributed by atoms with van der Waals surface area (Å²) in [6, 6.07) is -0.536. The predicted octanol–water partition coefficient (Wildman–Crippen LogP) is 26.1. The molecule has 0 aromatic carbocycles. The Morgan fingerprint density at radius 1 is 0.282 bits per heavy atom. The average molecular weight is 1200 g/mol. The fourth-order valence-electron chi connectivity index (χ4n) is 13.1. The Balaban J connectivity index is 3.28. The Hall–Kier alpha value is -1.14. The molecule has 0 saturated heterocycles. The molecule has 2 atom stereocenters. The molecule has 1 amide bonds. The van der Waals surface area contributed by atoms with Crippen molar-refractivity contribution in [3.8, 4) is 0 Å². The third-order valence-corrected chi connectivity index (χ3v) is 19.2. The van der Waals surface area contributed by atoms with Crippen molar-refractivity contribution < 1.29 is 24.5 Å². The SMILES string of the molecule is CCCCCCCCCCCCCCCCCCCC(O)C(CO)NC(=O)CCCCCCCCCCCCCCCCCCCCCCCCCCCCCCCCCCCCCCCCCOC(=O)CCCCCCCCCCCCCC. The standard InChI is InChI=1S/C79H157NO5/c1-3-5-7-9-11-13-15-17-18-42-45-48-51-55-59-63-67-71-77(82)76(75-81)80-78(83)72-68-64-60-56-52-49-46-43-40-38-36-34-32-30-28-26-24-22-20-19-21-23-25-27-29-31-33-35-37-39-41-44-47-50-54-58-62-66-70-74-85-79(84)73-69-65-61-57-53-16-14-12-10-8-6-4-2/h76-77,81-82H,3-75H2,1-2H3,(H,80,83). The lowest BCUT2D eigenvalue weighted by Crippen LogP contribution is -2.45. The normalized spacial score (nSPS) is 12.4. The number of aliphatic hydroxyl groups excluding tert-OH is 2. The summed E-state index contributed by atoms with van der Waals surface area (Å²) in [6.07, 6.45) is 93.5. The number of carbonyl (C=O) groups excluding carboxylic acids is 2. The fraction of sp³-hybridized carbons (Fsp3) is 0.975. The molecule has 0 aliphatic heterocycles. The van der Waals surface area contributed by atoms with Gasteiger partial charge < -0.3 is 20.3 Å². The van der Waals surface area contributed by atoms with E-state index in [1.54, 1.807) is 0 Å². The number of amides is 1. The van der Waals surface area contributed by atoms with Crippen LogP contribution < -0.4 is 5.32 Å². The minimum Gasteiger partial charge on any atom is -0.466 e. The van der Waals surface area contributed by atoms with Crippen LogP contribution in [0.5, 0.6) is 0 Å². The van der Waals surface area contributed by atoms with E-state index < -0.39 is 12.1 Å². The Labute approximate surface area is 534 Å². The number of unbranched alkanes of at least 4 members (excludes halogenated alkanes) is 65. The van der Waals surface area contributed by atoms with Crippen LogP contribution in [0, 0.1) is 0 Å². The lowest BCUT2D eigenvalue weighted by atomic mass is 10.0. The highest BCUT2D eigenvalue weighted by Gasteiger charge is 2.20. The van der Waals surface area contributed by atoms with Crippen LogP contribution in [0.2, 0.25) is 0 Å². The summed E-state index contributed by atoms with van der Waals surface area (Å²) in [6.45, 7) is 5.01. The zero-order valence-corrected chi connectivity index (χ0v) is 58.4. The maximum Gasteiger partial charge on any atom is 0.305 e. The Bertz CT molecular complexity index is 1240. The van der Waals surface area contributed by atoms with Gasteiger partial charge in [-0.25, -0.2) is 0 Å². The van der Waals surface area contributed by atoms with Gasteiger partial charge in [-0.1, -0.05) is 431 Å². The van der Waals surface area contributed by atoms with Crippen molar-refractivity contribution in [1.29, 1.82) is 0 Å². The number of hydrogen-bond donors (Lipinski definition) is 3. The second-order valence-electron chi connectivity index (χ2n) is 27.8. The quantitative estimate of drug-likeness (QED) is 0.0417. The summed E-state index contributed by atoms with van der Waals surface area (Å²) in [4.78, 5) is 24.6. The monoisotopic (exact) mass is 1200 g/mol. The van der Waals surface area contributed by atoms with Gasteiger partial charge in [0.25, 0.3) is 0 Å². The van der Waals surface area contributed by atoms with E-state index in [2.05, 4.69) is 19.2 Å². The van der Waals surface area contributed by atoms with E-state index in [-0.39, 0.29) is 18.5 Å². The summed E-state index contributed by atoms with van der Waals surface area (Å²) in [5.74, 6) is 0.00213. The lowest BCUT2D eigenvalue weighted by Gasteiger charge is -2.22. The molecule has 0 fully saturated rings. The first-order valence-electron chi connectivity index (χ1n) is 39.8. The third-order valence-electron chi connectivity index (χ3n) is 19.2. The number of nitrogens with one attached hydrogen (secondary N) is 1. The Morgan fingerprint density at radius 2 is 0.482 bits per heavy atom. The number of aliphatic hydroxyl groups is 2. The summed E-state index contributed by atoms with van der Waals surface area (Å²) >= 11 is 0. The number of ether oxygens (including phenoxy) is 1. The van der Waals surface area contributed by atoms with Crippen molar-refractivity contribution in [1.82, 2.24) is 5.32 Å². The largest absolute Gasteiger partial charge is 0.466 e. The van der Waals surface area contributed by atoms with Crippen molar-refractivity contribution >= 4 is 11.9 Å². The molecule has 2 unspecified atom stereocenters. The second-order valence-corrected chi connectivity index (χ2v) is 27.8. The van der Waals surface area contributed by atoms with Gasteiger partial charge in [0.2, 0.25) is 5.91 Å². The fourth-order valence-corrected chi connectivity index (χ4v) is 13.1. The van der Waals surface area contributed by atoms with Gasteiger partial charge in [0.1, 0.15) is 0 Å². The van der Waals surface area contributed by atoms with Gasteiger partial charge in [-0.05, 0) is 25.7 Å². The molecular weight excluding hydrogens is 1040 g/mol. The van der Waals surface area contributed by atoms with Crippen molar-refractivity contribution in [3.05, 3.63) is 0 Å². The summed E-state index contributed by atoms with van der Waals surface area (Å²) in [5.41, 5.74) is 0. The first-order chi connectivity index (χ1) is 42.0. The Kier molecular flexibility index (Phi) is 74.3. The van der Waals surface area contributed by atoms with Gasteiger partial charge in [-0.2, -0.15) is 0 Å². The van der Waals surface area contributed by atoms with Crippen LogP contribution in [0.1, 0.15) is 470 Å². The van der Waals surface area contributed by atoms with Crippen LogP contribution in [0.4, 0.5) is 0 Å². The average Bonchev–Trinajstić information content (AvgIpc) is 3.53. The minimum atomic E-state index is -0.659. The highest BCUT2D eigenvalue weighted by molar-refractivity contribution is 5.76. The van der Waals surface area contributed by atoms with Crippen molar-refractivity contribution in [3.63, 3.8) is 0 Å². The lowest BCUT2D eigenvalue weighted by molar-refractivity contribution is -0.143. The second kappa shape index (κ2) is 75.3. The zero-order chi connectivity index (χ0) is 61.3. The molecule has 85 heavy (non-hydrogen) atoms. The van der Waals surface area contributed by atoms with E-state index in [1.165, 1.54) is 398 Å². The molecule has 3 N–H and O–H groups in total. The molecule has 508 valence electrons. The topological polar surface area (TPSA) is 95.9 Å². The van der Waals surface area contributed by atoms with E-state index in [4.69, 9.17) is 4.74 Å². The highest BCUT2D eigenvalue weighted by atomic mass is 16.5. The Morgan fingerprint density at radius 3 is 0.718 bits per heavy atom. The number of hydrogen-bond acceptors (Lipinski definition) is 5. The summed E-state index contributed by atoms with van der Waals surface area (Å²) < 4.78 is 5.49. The van der Waals surface area contributed by atoms with Gasteiger partial charge in [0, 0.05) is 12.8 Å². The molecule has 0 radical (unpaired) electrons. The molecule has 0 aromatic heterocycles. The molecule has 0 bridgehead atoms. The first-order valence-corrected chi connectivity index (χ1v) is 39.8. The number of esters is 1. The first kappa shape index (κ1) is 83.9. The van der Waals surface area contributed by atoms with E-state index in [0.717, 1.165) is 38.5 Å². The molecule has 6 heteroatoms. The maximum absolute atomic E-state index is 12.5. The van der Waals surface area contributed by atoms with E-state index in [0.29, 0.717) is 25.9 Å². The van der Waals surface area contributed by atoms with Crippen molar-refractivity contribution in [2.45, 2.75) is 482 Å². The summed E-state index contributed by atoms with van der Waals surface area (Å²) in [5, 5.41) is 23.4. The molecular formula is C79H157NO5. The van der Waals surface area contributed by atoms with E-state index >= 15 is 0 Å². The van der Waals surface area contributed by atoms with Crippen LogP contribution in [-0.4, -0.2) is 47.4 Å². The molecule has 0 rings (SSSR count). The molecule has 0 spiro atoms. The third kappa shape index (κ3) is 71.8. The molecule has 6 nitrogen and oxygen atoms in total. The molecule has 0 heterocycles. The molecule has 0 aromatic rings. The van der Waals surface area contributed by atoms with Gasteiger partial charge >= 0.3 is 5.97 Å². The minimum absolute atomic E-state index is 0.0238. The van der Waals surface area contributed by atoms with Crippen LogP contribution in [0.3, 0.4) is 0 Å². The van der Waals surface area contributed by atoms with Crippen LogP contribution >= 0.6 is 0 Å². The van der Waals surface area contributed by atoms with Crippen LogP contribution in [0.25, 0.3) is 0 Å². The zero-order valence-electron chi connectivity index (χ0n) is 58.4. The highest BCUT2D eigenvalue weighted by Crippen LogP contribution is 2.21. The molecule has 0 aliphatic rings. The van der Waals surface area contributed by atoms with Crippen LogP contribution in [0.15, 0.2) is 0 Å². The maximum atomic E-state index is 12.5.